The number of ether oxygens (including phenoxy) is 1. The van der Waals surface area contributed by atoms with Crippen molar-refractivity contribution in [3.05, 3.63) is 40.2 Å². The Morgan fingerprint density at radius 3 is 2.56 bits per heavy atom. The number of halogens is 2. The molecule has 1 unspecified atom stereocenters. The summed E-state index contributed by atoms with van der Waals surface area (Å²) in [6.07, 6.45) is 2.77. The molecular formula is C19H24Cl2N2O3S. The lowest BCUT2D eigenvalue weighted by molar-refractivity contribution is -0.132. The summed E-state index contributed by atoms with van der Waals surface area (Å²) in [5, 5.41) is 2.35. The quantitative estimate of drug-likeness (QED) is 0.671. The van der Waals surface area contributed by atoms with Crippen LogP contribution in [0.15, 0.2) is 30.2 Å². The number of piperidine rings is 1. The lowest BCUT2D eigenvalue weighted by Crippen LogP contribution is -2.44. The Kier molecular flexibility index (Phi) is 6.11. The van der Waals surface area contributed by atoms with Gasteiger partial charge in [0.2, 0.25) is 0 Å². The number of carbonyl (C=O) groups is 1. The molecule has 0 saturated carbocycles. The molecule has 2 aliphatic rings. The molecule has 0 aliphatic carbocycles. The van der Waals surface area contributed by atoms with Crippen LogP contribution in [0.4, 0.5) is 0 Å². The Labute approximate surface area is 171 Å². The van der Waals surface area contributed by atoms with Crippen LogP contribution in [0, 0.1) is 5.41 Å². The fourth-order valence-corrected chi connectivity index (χ4v) is 5.23. The summed E-state index contributed by atoms with van der Waals surface area (Å²) in [6.45, 7) is 6.44. The molecule has 3 rings (SSSR count). The van der Waals surface area contributed by atoms with E-state index in [1.807, 2.05) is 9.21 Å². The third kappa shape index (κ3) is 4.62. The second kappa shape index (κ2) is 8.03. The Morgan fingerprint density at radius 1 is 1.26 bits per heavy atom. The molecule has 0 bridgehead atoms. The van der Waals surface area contributed by atoms with E-state index in [1.165, 1.54) is 5.41 Å². The van der Waals surface area contributed by atoms with E-state index in [1.54, 1.807) is 18.2 Å². The van der Waals surface area contributed by atoms with Crippen LogP contribution in [0.5, 0.6) is 5.75 Å². The van der Waals surface area contributed by atoms with E-state index in [0.717, 1.165) is 25.8 Å². The van der Waals surface area contributed by atoms with Gasteiger partial charge in [-0.3, -0.25) is 4.79 Å². The minimum atomic E-state index is -2.37. The van der Waals surface area contributed by atoms with Gasteiger partial charge in [-0.15, -0.1) is 0 Å². The van der Waals surface area contributed by atoms with Gasteiger partial charge in [0.05, 0.1) is 5.02 Å². The van der Waals surface area contributed by atoms with Crippen LogP contribution in [0.2, 0.25) is 10.0 Å². The molecule has 1 aromatic rings. The van der Waals surface area contributed by atoms with Crippen molar-refractivity contribution in [2.45, 2.75) is 19.3 Å². The molecule has 2 aliphatic heterocycles. The number of nitrogens with zero attached hydrogens (tertiary/aromatic N) is 2. The van der Waals surface area contributed by atoms with E-state index in [0.29, 0.717) is 35.4 Å². The van der Waals surface area contributed by atoms with Crippen LogP contribution < -0.4 is 4.74 Å². The molecule has 0 N–H and O–H groups in total. The third-order valence-corrected chi connectivity index (χ3v) is 7.81. The predicted octanol–water partition coefficient (Wildman–Crippen LogP) is 3.46. The smallest absolute Gasteiger partial charge is 0.260 e. The molecule has 1 spiro atoms. The Hall–Kier alpha value is -1.21. The number of hydrogen-bond donors (Lipinski definition) is 0. The van der Waals surface area contributed by atoms with Crippen molar-refractivity contribution in [1.82, 2.24) is 9.21 Å². The maximum atomic E-state index is 12.5. The highest BCUT2D eigenvalue weighted by Gasteiger charge is 2.42. The van der Waals surface area contributed by atoms with Gasteiger partial charge in [-0.05, 0) is 48.7 Å². The molecule has 2 fully saturated rings. The zero-order valence-corrected chi connectivity index (χ0v) is 17.5. The maximum absolute atomic E-state index is 12.5. The fourth-order valence-electron chi connectivity index (χ4n) is 3.75. The standard InChI is InChI=1S/C19H24Cl2N2O3S/c1-3-27(2,25)23-10-7-19(8-11-23)6-9-22(14-19)18(24)13-26-17-5-4-15(20)12-16(17)21/h3-5,12H,1-2,6-11,13-14H2. The van der Waals surface area contributed by atoms with Crippen molar-refractivity contribution in [1.29, 1.82) is 0 Å². The number of rotatable bonds is 5. The third-order valence-electron chi connectivity index (χ3n) is 5.52. The number of carbonyl (C=O) groups excluding carboxylic acids is 1. The number of hydrogen-bond acceptors (Lipinski definition) is 3. The highest BCUT2D eigenvalue weighted by atomic mass is 35.5. The Balaban J connectivity index is 1.53. The van der Waals surface area contributed by atoms with Gasteiger partial charge >= 0.3 is 0 Å². The van der Waals surface area contributed by atoms with Crippen molar-refractivity contribution in [3.8, 4) is 5.75 Å². The molecule has 148 valence electrons. The van der Waals surface area contributed by atoms with Crippen LogP contribution in [-0.4, -0.2) is 58.0 Å². The zero-order chi connectivity index (χ0) is 19.7. The average molecular weight is 431 g/mol. The minimum absolute atomic E-state index is 0.0487. The van der Waals surface area contributed by atoms with Gasteiger partial charge in [-0.2, -0.15) is 0 Å². The highest BCUT2D eigenvalue weighted by Crippen LogP contribution is 2.41. The van der Waals surface area contributed by atoms with Crippen LogP contribution >= 0.6 is 23.2 Å². The molecule has 1 amide bonds. The largest absolute Gasteiger partial charge is 0.482 e. The Bertz CT molecular complexity index is 833. The van der Waals surface area contributed by atoms with E-state index in [4.69, 9.17) is 27.9 Å². The molecule has 1 atom stereocenters. The first-order chi connectivity index (χ1) is 12.7. The summed E-state index contributed by atoms with van der Waals surface area (Å²) < 4.78 is 19.8. The van der Waals surface area contributed by atoms with Gasteiger partial charge in [0.1, 0.15) is 5.75 Å². The molecule has 8 heteroatoms. The van der Waals surface area contributed by atoms with Crippen LogP contribution in [0.3, 0.4) is 0 Å². The first-order valence-electron chi connectivity index (χ1n) is 8.85. The van der Waals surface area contributed by atoms with E-state index in [9.17, 15) is 9.00 Å². The summed E-state index contributed by atoms with van der Waals surface area (Å²) in [5.41, 5.74) is 0.0980. The molecule has 5 nitrogen and oxygen atoms in total. The lowest BCUT2D eigenvalue weighted by atomic mass is 9.78. The predicted molar refractivity (Wildman–Crippen MR) is 112 cm³/mol. The van der Waals surface area contributed by atoms with Crippen molar-refractivity contribution < 1.29 is 13.7 Å². The summed E-state index contributed by atoms with van der Waals surface area (Å²) in [7, 11) is -2.37. The Morgan fingerprint density at radius 2 is 1.93 bits per heavy atom. The van der Waals surface area contributed by atoms with Gasteiger partial charge in [0, 0.05) is 46.3 Å². The normalized spacial score (nSPS) is 21.8. The van der Waals surface area contributed by atoms with Crippen molar-refractivity contribution in [2.24, 2.45) is 5.41 Å². The van der Waals surface area contributed by atoms with E-state index in [2.05, 4.69) is 12.4 Å². The van der Waals surface area contributed by atoms with Crippen LogP contribution in [0.1, 0.15) is 19.3 Å². The first kappa shape index (κ1) is 20.5. The maximum Gasteiger partial charge on any atom is 0.260 e. The van der Waals surface area contributed by atoms with E-state index < -0.39 is 9.71 Å². The van der Waals surface area contributed by atoms with Gasteiger partial charge in [-0.25, -0.2) is 8.51 Å². The van der Waals surface area contributed by atoms with Crippen LogP contribution in [0.25, 0.3) is 0 Å². The molecule has 27 heavy (non-hydrogen) atoms. The highest BCUT2D eigenvalue weighted by molar-refractivity contribution is 8.00. The molecular weight excluding hydrogens is 407 g/mol. The second-order valence-electron chi connectivity index (χ2n) is 7.21. The van der Waals surface area contributed by atoms with Gasteiger partial charge in [0.15, 0.2) is 6.61 Å². The molecule has 0 aromatic heterocycles. The van der Waals surface area contributed by atoms with Gasteiger partial charge in [0.25, 0.3) is 5.91 Å². The second-order valence-corrected chi connectivity index (χ2v) is 10.3. The zero-order valence-electron chi connectivity index (χ0n) is 15.2. The average Bonchev–Trinajstić information content (AvgIpc) is 3.05. The lowest BCUT2D eigenvalue weighted by Gasteiger charge is -2.39. The molecule has 1 aromatic carbocycles. The van der Waals surface area contributed by atoms with Gasteiger partial charge < -0.3 is 9.64 Å². The monoisotopic (exact) mass is 430 g/mol. The number of likely N-dealkylation sites (tertiary alicyclic amines) is 1. The van der Waals surface area contributed by atoms with Gasteiger partial charge in [-0.1, -0.05) is 29.8 Å². The van der Waals surface area contributed by atoms with Crippen LogP contribution in [-0.2, 0) is 14.5 Å². The molecule has 2 heterocycles. The summed E-state index contributed by atoms with van der Waals surface area (Å²) >= 11 is 11.9. The number of benzene rings is 1. The SMILES string of the molecule is C=CS(=C)(=O)N1CCC2(CCN(C(=O)COc3ccc(Cl)cc3Cl)C2)CC1. The van der Waals surface area contributed by atoms with Crippen molar-refractivity contribution in [3.63, 3.8) is 0 Å². The van der Waals surface area contributed by atoms with E-state index >= 15 is 0 Å². The first-order valence-corrected chi connectivity index (χ1v) is 11.4. The van der Waals surface area contributed by atoms with Crippen molar-refractivity contribution >= 4 is 44.7 Å². The fraction of sp³-hybridized carbons (Fsp3) is 0.474. The van der Waals surface area contributed by atoms with E-state index in [-0.39, 0.29) is 17.9 Å². The molecule has 0 radical (unpaired) electrons. The minimum Gasteiger partial charge on any atom is -0.482 e. The number of amides is 1. The van der Waals surface area contributed by atoms with Crippen molar-refractivity contribution in [2.75, 3.05) is 32.8 Å². The topological polar surface area (TPSA) is 49.9 Å². The summed E-state index contributed by atoms with van der Waals surface area (Å²) in [4.78, 5) is 14.4. The summed E-state index contributed by atoms with van der Waals surface area (Å²) in [5.74, 6) is 4.17. The molecule has 2 saturated heterocycles. The summed E-state index contributed by atoms with van der Waals surface area (Å²) in [6, 6.07) is 4.93.